The predicted octanol–water partition coefficient (Wildman–Crippen LogP) is 14.9. The molecule has 0 aliphatic carbocycles. The van der Waals surface area contributed by atoms with Crippen molar-refractivity contribution in [3.05, 3.63) is 36.5 Å². The van der Waals surface area contributed by atoms with Crippen LogP contribution < -0.4 is 5.32 Å². The Balaban J connectivity index is 3.44. The molecule has 0 aliphatic heterocycles. The maximum atomic E-state index is 12.4. The van der Waals surface area contributed by atoms with Crippen molar-refractivity contribution in [1.82, 2.24) is 5.32 Å². The summed E-state index contributed by atoms with van der Waals surface area (Å²) in [5, 5.41) is 22.9. The van der Waals surface area contributed by atoms with E-state index in [4.69, 9.17) is 4.74 Å². The Labute approximate surface area is 360 Å². The van der Waals surface area contributed by atoms with E-state index in [0.717, 1.165) is 51.4 Å². The zero-order valence-corrected chi connectivity index (χ0v) is 38.5. The summed E-state index contributed by atoms with van der Waals surface area (Å²) in [6.45, 7) is 4.82. The molecule has 58 heavy (non-hydrogen) atoms. The molecule has 1 amide bonds. The minimum atomic E-state index is -0.847. The highest BCUT2D eigenvalue weighted by atomic mass is 16.5. The minimum absolute atomic E-state index is 0.00454. The fraction of sp³-hybridized carbons (Fsp3) is 0.846. The number of rotatable bonds is 46. The maximum absolute atomic E-state index is 12.4. The molecular formula is C52H97NO5. The lowest BCUT2D eigenvalue weighted by Gasteiger charge is -2.20. The Morgan fingerprint density at radius 1 is 0.466 bits per heavy atom. The molecule has 2 unspecified atom stereocenters. The van der Waals surface area contributed by atoms with Crippen molar-refractivity contribution in [2.24, 2.45) is 0 Å². The minimum Gasteiger partial charge on any atom is -0.466 e. The molecule has 340 valence electrons. The smallest absolute Gasteiger partial charge is 0.305 e. The van der Waals surface area contributed by atoms with Gasteiger partial charge in [0.05, 0.1) is 25.4 Å². The number of ether oxygens (including phenoxy) is 1. The van der Waals surface area contributed by atoms with E-state index in [9.17, 15) is 19.8 Å². The summed E-state index contributed by atoms with van der Waals surface area (Å²) in [5.74, 6) is -0.0842. The second-order valence-electron chi connectivity index (χ2n) is 17.1. The van der Waals surface area contributed by atoms with Crippen molar-refractivity contribution < 1.29 is 24.5 Å². The van der Waals surface area contributed by atoms with Gasteiger partial charge in [0, 0.05) is 12.8 Å². The molecule has 0 spiro atoms. The molecule has 0 aromatic heterocycles. The molecule has 0 fully saturated rings. The third kappa shape index (κ3) is 43.7. The Kier molecular flexibility index (Phi) is 46.2. The van der Waals surface area contributed by atoms with E-state index >= 15 is 0 Å². The van der Waals surface area contributed by atoms with Gasteiger partial charge in [0.2, 0.25) is 5.91 Å². The molecule has 6 nitrogen and oxygen atoms in total. The van der Waals surface area contributed by atoms with Gasteiger partial charge in [-0.2, -0.15) is 0 Å². The lowest BCUT2D eigenvalue weighted by atomic mass is 10.0. The summed E-state index contributed by atoms with van der Waals surface area (Å²) in [4.78, 5) is 24.3. The van der Waals surface area contributed by atoms with Gasteiger partial charge in [0.15, 0.2) is 0 Å². The van der Waals surface area contributed by atoms with Crippen molar-refractivity contribution in [2.45, 2.75) is 270 Å². The first-order chi connectivity index (χ1) is 28.5. The first-order valence-electron chi connectivity index (χ1n) is 25.3. The molecule has 0 aromatic carbocycles. The van der Waals surface area contributed by atoms with Crippen LogP contribution in [0.1, 0.15) is 258 Å². The van der Waals surface area contributed by atoms with Crippen LogP contribution in [0.2, 0.25) is 0 Å². The first kappa shape index (κ1) is 56.1. The number of amides is 1. The second kappa shape index (κ2) is 47.8. The topological polar surface area (TPSA) is 95.9 Å². The van der Waals surface area contributed by atoms with Gasteiger partial charge < -0.3 is 20.3 Å². The molecule has 0 saturated heterocycles. The molecule has 0 saturated carbocycles. The summed E-state index contributed by atoms with van der Waals surface area (Å²) in [7, 11) is 0. The van der Waals surface area contributed by atoms with Crippen LogP contribution >= 0.6 is 0 Å². The van der Waals surface area contributed by atoms with Crippen molar-refractivity contribution in [1.29, 1.82) is 0 Å². The molecule has 0 heterocycles. The SMILES string of the molecule is CCCC/C=C\CCCCCCCC(=O)OCCCCCCCCCCCC/C=C\CCCCCCCCCC(=O)NC(CO)C(O)/C=C/CCCCCCCCC. The van der Waals surface area contributed by atoms with Crippen LogP contribution in [0, 0.1) is 0 Å². The largest absolute Gasteiger partial charge is 0.466 e. The van der Waals surface area contributed by atoms with Crippen LogP contribution in [-0.4, -0.2) is 47.4 Å². The standard InChI is InChI=1S/C52H97NO5/c1-3-5-7-9-11-13-25-30-34-38-42-46-52(57)58-47-43-39-35-31-27-24-22-20-18-16-14-15-17-19-21-23-26-29-33-37-41-45-51(56)53-49(48-54)50(55)44-40-36-32-28-12-10-8-6-4-2/h9,11,15,17,40,44,49-50,54-55H,3-8,10,12-14,16,18-39,41-43,45-48H2,1-2H3,(H,53,56)/b11-9-,17-15-,44-40+. The summed E-state index contributed by atoms with van der Waals surface area (Å²) in [6.07, 6.45) is 57.3. The van der Waals surface area contributed by atoms with E-state index in [0.29, 0.717) is 19.4 Å². The number of nitrogens with one attached hydrogen (secondary N) is 1. The predicted molar refractivity (Wildman–Crippen MR) is 250 cm³/mol. The average Bonchev–Trinajstić information content (AvgIpc) is 3.22. The van der Waals surface area contributed by atoms with Gasteiger partial charge >= 0.3 is 5.97 Å². The molecule has 6 heteroatoms. The summed E-state index contributed by atoms with van der Waals surface area (Å²) >= 11 is 0. The number of aliphatic hydroxyl groups excluding tert-OH is 2. The molecule has 3 N–H and O–H groups in total. The molecule has 0 rings (SSSR count). The second-order valence-corrected chi connectivity index (χ2v) is 17.1. The number of allylic oxidation sites excluding steroid dienone is 5. The van der Waals surface area contributed by atoms with Crippen molar-refractivity contribution in [2.75, 3.05) is 13.2 Å². The third-order valence-electron chi connectivity index (χ3n) is 11.4. The number of esters is 1. The summed E-state index contributed by atoms with van der Waals surface area (Å²) in [6, 6.07) is -0.631. The van der Waals surface area contributed by atoms with Gasteiger partial charge in [-0.15, -0.1) is 0 Å². The van der Waals surface area contributed by atoms with Crippen molar-refractivity contribution >= 4 is 11.9 Å². The van der Waals surface area contributed by atoms with Gasteiger partial charge in [0.25, 0.3) is 0 Å². The highest BCUT2D eigenvalue weighted by molar-refractivity contribution is 5.76. The van der Waals surface area contributed by atoms with E-state index in [1.165, 1.54) is 180 Å². The fourth-order valence-corrected chi connectivity index (χ4v) is 7.43. The zero-order valence-electron chi connectivity index (χ0n) is 38.5. The average molecular weight is 816 g/mol. The highest BCUT2D eigenvalue weighted by Crippen LogP contribution is 2.15. The van der Waals surface area contributed by atoms with E-state index in [-0.39, 0.29) is 18.5 Å². The number of unbranched alkanes of at least 4 members (excludes halogenated alkanes) is 31. The number of carbonyl (C=O) groups excluding carboxylic acids is 2. The molecule has 0 bridgehead atoms. The molecule has 0 aliphatic rings. The normalized spacial score (nSPS) is 13.0. The van der Waals surface area contributed by atoms with Crippen LogP contribution in [0.4, 0.5) is 0 Å². The fourth-order valence-electron chi connectivity index (χ4n) is 7.43. The van der Waals surface area contributed by atoms with Gasteiger partial charge in [-0.1, -0.05) is 204 Å². The van der Waals surface area contributed by atoms with Gasteiger partial charge in [0.1, 0.15) is 0 Å². The van der Waals surface area contributed by atoms with E-state index in [1.54, 1.807) is 6.08 Å². The van der Waals surface area contributed by atoms with E-state index in [2.05, 4.69) is 43.5 Å². The number of hydrogen-bond acceptors (Lipinski definition) is 5. The number of carbonyl (C=O) groups is 2. The third-order valence-corrected chi connectivity index (χ3v) is 11.4. The summed E-state index contributed by atoms with van der Waals surface area (Å²) < 4.78 is 5.44. The van der Waals surface area contributed by atoms with Crippen LogP contribution in [0.5, 0.6) is 0 Å². The highest BCUT2D eigenvalue weighted by Gasteiger charge is 2.18. The number of aliphatic hydroxyl groups is 2. The lowest BCUT2D eigenvalue weighted by molar-refractivity contribution is -0.143. The number of hydrogen-bond donors (Lipinski definition) is 3. The van der Waals surface area contributed by atoms with E-state index in [1.807, 2.05) is 6.08 Å². The lowest BCUT2D eigenvalue weighted by Crippen LogP contribution is -2.45. The van der Waals surface area contributed by atoms with E-state index < -0.39 is 12.1 Å². The molecule has 0 radical (unpaired) electrons. The Morgan fingerprint density at radius 3 is 1.28 bits per heavy atom. The first-order valence-corrected chi connectivity index (χ1v) is 25.3. The van der Waals surface area contributed by atoms with Crippen molar-refractivity contribution in [3.8, 4) is 0 Å². The van der Waals surface area contributed by atoms with Crippen molar-refractivity contribution in [3.63, 3.8) is 0 Å². The maximum Gasteiger partial charge on any atom is 0.305 e. The van der Waals surface area contributed by atoms with Gasteiger partial charge in [-0.3, -0.25) is 9.59 Å². The molecular weight excluding hydrogens is 719 g/mol. The Bertz CT molecular complexity index is 946. The monoisotopic (exact) mass is 816 g/mol. The van der Waals surface area contributed by atoms with Crippen LogP contribution in [0.15, 0.2) is 36.5 Å². The zero-order chi connectivity index (χ0) is 42.3. The molecule has 0 aromatic rings. The Morgan fingerprint density at radius 2 is 0.828 bits per heavy atom. The summed E-state index contributed by atoms with van der Waals surface area (Å²) in [5.41, 5.74) is 0. The Hall–Kier alpha value is -1.92. The van der Waals surface area contributed by atoms with Gasteiger partial charge in [-0.25, -0.2) is 0 Å². The van der Waals surface area contributed by atoms with Crippen LogP contribution in [0.25, 0.3) is 0 Å². The van der Waals surface area contributed by atoms with Crippen LogP contribution in [0.3, 0.4) is 0 Å². The quantitative estimate of drug-likeness (QED) is 0.0323. The van der Waals surface area contributed by atoms with Gasteiger partial charge in [-0.05, 0) is 77.0 Å². The van der Waals surface area contributed by atoms with Crippen LogP contribution in [-0.2, 0) is 14.3 Å². The molecule has 2 atom stereocenters.